The predicted octanol–water partition coefficient (Wildman–Crippen LogP) is 3.75. The Morgan fingerprint density at radius 3 is 2.35 bits per heavy atom. The number of rotatable bonds is 7. The van der Waals surface area contributed by atoms with Gasteiger partial charge in [0.05, 0.1) is 24.0 Å². The first kappa shape index (κ1) is 17.5. The number of hydrogen-bond donors (Lipinski definition) is 0. The number of ether oxygens (including phenoxy) is 3. The van der Waals surface area contributed by atoms with Crippen molar-refractivity contribution in [1.82, 2.24) is 0 Å². The summed E-state index contributed by atoms with van der Waals surface area (Å²) in [6.07, 6.45) is 5.26. The Hall–Kier alpha value is -1.88. The lowest BCUT2D eigenvalue weighted by Crippen LogP contribution is -2.29. The Morgan fingerprint density at radius 1 is 1.08 bits per heavy atom. The molecule has 2 bridgehead atoms. The molecule has 140 valence electrons. The first-order chi connectivity index (χ1) is 12.6. The van der Waals surface area contributed by atoms with Crippen LogP contribution in [0.1, 0.15) is 46.0 Å². The zero-order chi connectivity index (χ0) is 18.3. The zero-order valence-electron chi connectivity index (χ0n) is 15.4. The average Bonchev–Trinajstić information content (AvgIpc) is 3.24. The maximum Gasteiger partial charge on any atom is 0.314 e. The van der Waals surface area contributed by atoms with Crippen LogP contribution in [0.3, 0.4) is 0 Å². The molecule has 2 saturated carbocycles. The molecule has 6 atom stereocenters. The fourth-order valence-corrected chi connectivity index (χ4v) is 4.68. The van der Waals surface area contributed by atoms with Crippen molar-refractivity contribution in [3.8, 4) is 11.5 Å². The second kappa shape index (κ2) is 7.03. The minimum Gasteiger partial charge on any atom is -0.426 e. The molecule has 1 aliphatic heterocycles. The van der Waals surface area contributed by atoms with Crippen LogP contribution >= 0.6 is 0 Å². The molecule has 1 aromatic rings. The highest BCUT2D eigenvalue weighted by Gasteiger charge is 2.64. The Kier molecular flexibility index (Phi) is 4.74. The number of fused-ring (bicyclic) bond motifs is 5. The molecule has 26 heavy (non-hydrogen) atoms. The van der Waals surface area contributed by atoms with E-state index < -0.39 is 0 Å². The van der Waals surface area contributed by atoms with Crippen LogP contribution in [0, 0.1) is 23.7 Å². The highest BCUT2D eigenvalue weighted by atomic mass is 16.6. The van der Waals surface area contributed by atoms with Crippen molar-refractivity contribution in [2.75, 3.05) is 0 Å². The van der Waals surface area contributed by atoms with Gasteiger partial charge in [-0.15, -0.1) is 0 Å². The van der Waals surface area contributed by atoms with E-state index in [0.29, 0.717) is 35.5 Å². The van der Waals surface area contributed by atoms with Gasteiger partial charge in [-0.3, -0.25) is 9.59 Å². The molecule has 5 heteroatoms. The van der Waals surface area contributed by atoms with E-state index in [1.807, 2.05) is 6.92 Å². The van der Waals surface area contributed by atoms with Crippen molar-refractivity contribution in [3.05, 3.63) is 24.3 Å². The fraction of sp³-hybridized carbons (Fsp3) is 0.619. The summed E-state index contributed by atoms with van der Waals surface area (Å²) in [7, 11) is 0. The van der Waals surface area contributed by atoms with Gasteiger partial charge in [0.1, 0.15) is 11.5 Å². The van der Waals surface area contributed by atoms with Gasteiger partial charge in [-0.1, -0.05) is 20.3 Å². The van der Waals surface area contributed by atoms with Crippen LogP contribution in [0.25, 0.3) is 0 Å². The molecule has 0 amide bonds. The molecule has 0 N–H and O–H groups in total. The molecule has 3 fully saturated rings. The Labute approximate surface area is 154 Å². The van der Waals surface area contributed by atoms with E-state index in [9.17, 15) is 9.59 Å². The monoisotopic (exact) mass is 358 g/mol. The molecule has 1 saturated heterocycles. The molecule has 1 aromatic carbocycles. The average molecular weight is 358 g/mol. The smallest absolute Gasteiger partial charge is 0.314 e. The van der Waals surface area contributed by atoms with Gasteiger partial charge < -0.3 is 14.2 Å². The molecule has 0 aromatic heterocycles. The maximum absolute atomic E-state index is 12.5. The van der Waals surface area contributed by atoms with Gasteiger partial charge in [0, 0.05) is 5.92 Å². The van der Waals surface area contributed by atoms with Crippen LogP contribution in [0.15, 0.2) is 24.3 Å². The van der Waals surface area contributed by atoms with Crippen molar-refractivity contribution >= 4 is 11.9 Å². The molecule has 4 rings (SSSR count). The van der Waals surface area contributed by atoms with Crippen molar-refractivity contribution in [2.24, 2.45) is 23.7 Å². The van der Waals surface area contributed by atoms with E-state index in [4.69, 9.17) is 14.2 Å². The molecular weight excluding hydrogens is 332 g/mol. The topological polar surface area (TPSA) is 65.1 Å². The summed E-state index contributed by atoms with van der Waals surface area (Å²) >= 11 is 0. The minimum absolute atomic E-state index is 0.0411. The summed E-state index contributed by atoms with van der Waals surface area (Å²) in [5, 5.41) is 0. The highest BCUT2D eigenvalue weighted by molar-refractivity contribution is 5.77. The first-order valence-corrected chi connectivity index (χ1v) is 9.79. The fourth-order valence-electron chi connectivity index (χ4n) is 4.68. The quantitative estimate of drug-likeness (QED) is 0.422. The van der Waals surface area contributed by atoms with Crippen LogP contribution in [-0.4, -0.2) is 24.1 Å². The first-order valence-electron chi connectivity index (χ1n) is 9.79. The van der Waals surface area contributed by atoms with Crippen molar-refractivity contribution < 1.29 is 23.8 Å². The largest absolute Gasteiger partial charge is 0.426 e. The van der Waals surface area contributed by atoms with Gasteiger partial charge in [-0.05, 0) is 55.9 Å². The third-order valence-electron chi connectivity index (χ3n) is 6.12. The van der Waals surface area contributed by atoms with Crippen molar-refractivity contribution in [2.45, 2.75) is 58.2 Å². The lowest BCUT2D eigenvalue weighted by Gasteiger charge is -2.17. The number of epoxide rings is 1. The van der Waals surface area contributed by atoms with Gasteiger partial charge in [-0.2, -0.15) is 0 Å². The van der Waals surface area contributed by atoms with Crippen LogP contribution in [0.2, 0.25) is 0 Å². The van der Waals surface area contributed by atoms with E-state index in [1.54, 1.807) is 24.3 Å². The Morgan fingerprint density at radius 2 is 1.77 bits per heavy atom. The zero-order valence-corrected chi connectivity index (χ0v) is 15.4. The molecule has 6 unspecified atom stereocenters. The van der Waals surface area contributed by atoms with Gasteiger partial charge in [0.2, 0.25) is 0 Å². The SMILES string of the molecule is CCCC(CC)C(=O)Oc1ccc(OC(=O)C2CC3CC2C2OC32)cc1. The van der Waals surface area contributed by atoms with Crippen LogP contribution in [-0.2, 0) is 14.3 Å². The third-order valence-corrected chi connectivity index (χ3v) is 6.12. The molecule has 0 spiro atoms. The van der Waals surface area contributed by atoms with Crippen LogP contribution in [0.4, 0.5) is 0 Å². The number of esters is 2. The van der Waals surface area contributed by atoms with Crippen LogP contribution in [0.5, 0.6) is 11.5 Å². The third kappa shape index (κ3) is 3.25. The Bertz CT molecular complexity index is 682. The minimum atomic E-state index is -0.194. The molecule has 3 aliphatic rings. The Balaban J connectivity index is 1.31. The van der Waals surface area contributed by atoms with Gasteiger partial charge in [0.25, 0.3) is 0 Å². The second-order valence-corrected chi connectivity index (χ2v) is 7.77. The van der Waals surface area contributed by atoms with Gasteiger partial charge in [-0.25, -0.2) is 0 Å². The van der Waals surface area contributed by atoms with Crippen molar-refractivity contribution in [1.29, 1.82) is 0 Å². The van der Waals surface area contributed by atoms with E-state index in [2.05, 4.69) is 6.92 Å². The van der Waals surface area contributed by atoms with E-state index >= 15 is 0 Å². The summed E-state index contributed by atoms with van der Waals surface area (Å²) < 4.78 is 16.6. The number of hydrogen-bond acceptors (Lipinski definition) is 5. The number of carbonyl (C=O) groups excluding carboxylic acids is 2. The summed E-state index contributed by atoms with van der Waals surface area (Å²) in [5.41, 5.74) is 0. The molecule has 5 nitrogen and oxygen atoms in total. The van der Waals surface area contributed by atoms with E-state index in [-0.39, 0.29) is 23.8 Å². The predicted molar refractivity (Wildman–Crippen MR) is 94.8 cm³/mol. The maximum atomic E-state index is 12.5. The summed E-state index contributed by atoms with van der Waals surface area (Å²) in [6, 6.07) is 6.73. The summed E-state index contributed by atoms with van der Waals surface area (Å²) in [5.74, 6) is 1.39. The second-order valence-electron chi connectivity index (χ2n) is 7.77. The summed E-state index contributed by atoms with van der Waals surface area (Å²) in [4.78, 5) is 24.6. The number of benzene rings is 1. The lowest BCUT2D eigenvalue weighted by molar-refractivity contribution is -0.141. The highest BCUT2D eigenvalue weighted by Crippen LogP contribution is 2.59. The van der Waals surface area contributed by atoms with E-state index in [1.165, 1.54) is 0 Å². The summed E-state index contributed by atoms with van der Waals surface area (Å²) in [6.45, 7) is 4.06. The van der Waals surface area contributed by atoms with Gasteiger partial charge in [0.15, 0.2) is 0 Å². The lowest BCUT2D eigenvalue weighted by atomic mass is 9.89. The molecule has 0 radical (unpaired) electrons. The van der Waals surface area contributed by atoms with Crippen LogP contribution < -0.4 is 9.47 Å². The van der Waals surface area contributed by atoms with E-state index in [0.717, 1.165) is 32.1 Å². The molecular formula is C21H26O5. The normalized spacial score (nSPS) is 32.0. The van der Waals surface area contributed by atoms with Crippen molar-refractivity contribution in [3.63, 3.8) is 0 Å². The standard InChI is InChI=1S/C21H26O5/c1-3-5-12(4-2)20(22)24-14-6-8-15(9-7-14)25-21(23)17-11-13-10-16(17)19-18(13)26-19/h6-9,12-13,16-19H,3-5,10-11H2,1-2H3. The molecule has 1 heterocycles. The number of carbonyl (C=O) groups is 2. The van der Waals surface area contributed by atoms with Gasteiger partial charge >= 0.3 is 11.9 Å². The molecule has 2 aliphatic carbocycles.